The molecule has 1 fully saturated rings. The summed E-state index contributed by atoms with van der Waals surface area (Å²) >= 11 is 1.76. The standard InChI is InChI=1S/C20H25FN6OS.HI/c1-22-20(24-11-18(28)26-9-5-17-14(12-26)6-10-29-17)25-15-4-8-27(13-15)19-16(21)3-2-7-23-19;/h2-3,6-7,10,15H,4-5,8-9,11-13H2,1H3,(H2,22,24,25);1H. The average Bonchev–Trinajstić information content (AvgIpc) is 3.40. The number of fused-ring (bicyclic) bond motifs is 1. The summed E-state index contributed by atoms with van der Waals surface area (Å²) in [5, 5.41) is 8.54. The van der Waals surface area contributed by atoms with Crippen LogP contribution in [0.5, 0.6) is 0 Å². The van der Waals surface area contributed by atoms with Gasteiger partial charge in [-0.15, -0.1) is 35.3 Å². The molecule has 2 aliphatic heterocycles. The number of thiophene rings is 1. The van der Waals surface area contributed by atoms with E-state index < -0.39 is 0 Å². The number of hydrogen-bond donors (Lipinski definition) is 2. The van der Waals surface area contributed by atoms with Gasteiger partial charge in [0, 0.05) is 50.3 Å². The maximum atomic E-state index is 14.0. The van der Waals surface area contributed by atoms with Crippen LogP contribution >= 0.6 is 35.3 Å². The van der Waals surface area contributed by atoms with Crippen LogP contribution < -0.4 is 15.5 Å². The minimum atomic E-state index is -0.309. The number of pyridine rings is 1. The van der Waals surface area contributed by atoms with Crippen molar-refractivity contribution in [3.8, 4) is 0 Å². The number of guanidine groups is 1. The molecule has 10 heteroatoms. The molecule has 1 saturated heterocycles. The lowest BCUT2D eigenvalue weighted by Crippen LogP contribution is -2.48. The lowest BCUT2D eigenvalue weighted by molar-refractivity contribution is -0.130. The lowest BCUT2D eigenvalue weighted by atomic mass is 10.1. The van der Waals surface area contributed by atoms with Gasteiger partial charge in [-0.2, -0.15) is 0 Å². The molecule has 0 radical (unpaired) electrons. The van der Waals surface area contributed by atoms with Gasteiger partial charge in [-0.3, -0.25) is 9.79 Å². The first-order valence-electron chi connectivity index (χ1n) is 9.79. The summed E-state index contributed by atoms with van der Waals surface area (Å²) in [6.45, 7) is 2.99. The molecule has 2 aromatic rings. The molecule has 0 aliphatic carbocycles. The van der Waals surface area contributed by atoms with Crippen LogP contribution in [0.15, 0.2) is 34.8 Å². The van der Waals surface area contributed by atoms with Crippen molar-refractivity contribution in [3.63, 3.8) is 0 Å². The fourth-order valence-corrected chi connectivity index (χ4v) is 4.69. The number of carbonyl (C=O) groups excluding carboxylic acids is 1. The molecule has 1 unspecified atom stereocenters. The Kier molecular flexibility index (Phi) is 7.87. The highest BCUT2D eigenvalue weighted by Crippen LogP contribution is 2.24. The van der Waals surface area contributed by atoms with E-state index in [1.54, 1.807) is 30.6 Å². The molecule has 2 N–H and O–H groups in total. The van der Waals surface area contributed by atoms with Crippen molar-refractivity contribution in [2.75, 3.05) is 38.1 Å². The average molecular weight is 544 g/mol. The Morgan fingerprint density at radius 2 is 2.27 bits per heavy atom. The number of aliphatic imine (C=N–C) groups is 1. The Labute approximate surface area is 196 Å². The van der Waals surface area contributed by atoms with Crippen LogP contribution in [0, 0.1) is 5.82 Å². The summed E-state index contributed by atoms with van der Waals surface area (Å²) in [6, 6.07) is 5.23. The van der Waals surface area contributed by atoms with E-state index in [0.717, 1.165) is 25.9 Å². The second-order valence-electron chi connectivity index (χ2n) is 7.24. The quantitative estimate of drug-likeness (QED) is 0.351. The first-order valence-corrected chi connectivity index (χ1v) is 10.7. The van der Waals surface area contributed by atoms with Crippen LogP contribution in [0.3, 0.4) is 0 Å². The normalized spacial score (nSPS) is 18.6. The van der Waals surface area contributed by atoms with E-state index >= 15 is 0 Å². The van der Waals surface area contributed by atoms with Crippen LogP contribution in [0.25, 0.3) is 0 Å². The van der Waals surface area contributed by atoms with Crippen molar-refractivity contribution in [1.82, 2.24) is 20.5 Å². The van der Waals surface area contributed by atoms with Gasteiger partial charge in [-0.1, -0.05) is 0 Å². The number of aromatic nitrogens is 1. The van der Waals surface area contributed by atoms with Gasteiger partial charge in [-0.25, -0.2) is 9.37 Å². The van der Waals surface area contributed by atoms with E-state index in [-0.39, 0.29) is 48.3 Å². The van der Waals surface area contributed by atoms with Crippen molar-refractivity contribution in [2.24, 2.45) is 4.99 Å². The minimum absolute atomic E-state index is 0. The third-order valence-corrected chi connectivity index (χ3v) is 6.38. The summed E-state index contributed by atoms with van der Waals surface area (Å²) < 4.78 is 14.0. The van der Waals surface area contributed by atoms with Gasteiger partial charge in [0.2, 0.25) is 5.91 Å². The number of hydrogen-bond acceptors (Lipinski definition) is 5. The SMILES string of the molecule is CN=C(NCC(=O)N1CCc2sccc2C1)NC1CCN(c2ncccc2F)C1.I. The summed E-state index contributed by atoms with van der Waals surface area (Å²) in [6.07, 6.45) is 3.37. The summed E-state index contributed by atoms with van der Waals surface area (Å²) in [7, 11) is 1.68. The molecular weight excluding hydrogens is 518 g/mol. The van der Waals surface area contributed by atoms with E-state index in [1.807, 2.05) is 9.80 Å². The molecule has 4 heterocycles. The fourth-order valence-electron chi connectivity index (χ4n) is 3.80. The summed E-state index contributed by atoms with van der Waals surface area (Å²) in [5.74, 6) is 0.720. The second kappa shape index (κ2) is 10.4. The van der Waals surface area contributed by atoms with Crippen LogP contribution in [-0.2, 0) is 17.8 Å². The van der Waals surface area contributed by atoms with E-state index in [9.17, 15) is 9.18 Å². The van der Waals surface area contributed by atoms with Gasteiger partial charge in [0.25, 0.3) is 0 Å². The Morgan fingerprint density at radius 3 is 3.07 bits per heavy atom. The molecule has 0 spiro atoms. The molecule has 7 nitrogen and oxygen atoms in total. The molecule has 0 bridgehead atoms. The predicted octanol–water partition coefficient (Wildman–Crippen LogP) is 2.23. The highest BCUT2D eigenvalue weighted by Gasteiger charge is 2.26. The number of anilines is 1. The van der Waals surface area contributed by atoms with Gasteiger partial charge in [0.1, 0.15) is 0 Å². The molecule has 1 amide bonds. The third-order valence-electron chi connectivity index (χ3n) is 5.36. The third kappa shape index (κ3) is 5.20. The Bertz CT molecular complexity index is 907. The lowest BCUT2D eigenvalue weighted by Gasteiger charge is -2.27. The van der Waals surface area contributed by atoms with Crippen LogP contribution in [0.1, 0.15) is 16.9 Å². The highest BCUT2D eigenvalue weighted by atomic mass is 127. The first kappa shape index (κ1) is 22.7. The number of nitrogens with one attached hydrogen (secondary N) is 2. The maximum Gasteiger partial charge on any atom is 0.242 e. The molecule has 2 aliphatic rings. The van der Waals surface area contributed by atoms with E-state index in [4.69, 9.17) is 0 Å². The van der Waals surface area contributed by atoms with Crippen LogP contribution in [0.4, 0.5) is 10.2 Å². The molecule has 30 heavy (non-hydrogen) atoms. The van der Waals surface area contributed by atoms with Crippen molar-refractivity contribution in [3.05, 3.63) is 46.0 Å². The van der Waals surface area contributed by atoms with Gasteiger partial charge in [0.05, 0.1) is 6.54 Å². The largest absolute Gasteiger partial charge is 0.352 e. The number of halogens is 2. The van der Waals surface area contributed by atoms with Crippen LogP contribution in [0.2, 0.25) is 0 Å². The molecular formula is C20H26FIN6OS. The molecule has 162 valence electrons. The first-order chi connectivity index (χ1) is 14.1. The second-order valence-corrected chi connectivity index (χ2v) is 8.25. The summed E-state index contributed by atoms with van der Waals surface area (Å²) in [5.41, 5.74) is 1.25. The number of rotatable bonds is 4. The van der Waals surface area contributed by atoms with Gasteiger partial charge in [-0.05, 0) is 42.0 Å². The number of carbonyl (C=O) groups is 1. The molecule has 4 rings (SSSR count). The Balaban J connectivity index is 0.00000256. The van der Waals surface area contributed by atoms with Crippen molar-refractivity contribution in [1.29, 1.82) is 0 Å². The van der Waals surface area contributed by atoms with E-state index in [0.29, 0.717) is 24.9 Å². The highest BCUT2D eigenvalue weighted by molar-refractivity contribution is 14.0. The van der Waals surface area contributed by atoms with Gasteiger partial charge < -0.3 is 20.4 Å². The molecule has 0 saturated carbocycles. The Morgan fingerprint density at radius 1 is 1.40 bits per heavy atom. The fraction of sp³-hybridized carbons (Fsp3) is 0.450. The Hall–Kier alpha value is -1.95. The molecule has 0 aromatic carbocycles. The predicted molar refractivity (Wildman–Crippen MR) is 128 cm³/mol. The minimum Gasteiger partial charge on any atom is -0.352 e. The van der Waals surface area contributed by atoms with Gasteiger partial charge >= 0.3 is 0 Å². The van der Waals surface area contributed by atoms with Crippen molar-refractivity contribution >= 4 is 53.0 Å². The van der Waals surface area contributed by atoms with E-state index in [1.165, 1.54) is 16.5 Å². The maximum absolute atomic E-state index is 14.0. The van der Waals surface area contributed by atoms with Gasteiger partial charge in [0.15, 0.2) is 17.6 Å². The molecule has 2 aromatic heterocycles. The number of nitrogens with zero attached hydrogens (tertiary/aromatic N) is 4. The van der Waals surface area contributed by atoms with Crippen LogP contribution in [-0.4, -0.2) is 61.0 Å². The zero-order valence-corrected chi connectivity index (χ0v) is 20.0. The zero-order chi connectivity index (χ0) is 20.2. The zero-order valence-electron chi connectivity index (χ0n) is 16.8. The van der Waals surface area contributed by atoms with Crippen molar-refractivity contribution in [2.45, 2.75) is 25.4 Å². The summed E-state index contributed by atoms with van der Waals surface area (Å²) in [4.78, 5) is 26.2. The molecule has 1 atom stereocenters. The number of amides is 1. The van der Waals surface area contributed by atoms with Crippen molar-refractivity contribution < 1.29 is 9.18 Å². The van der Waals surface area contributed by atoms with E-state index in [2.05, 4.69) is 32.1 Å². The topological polar surface area (TPSA) is 72.9 Å². The smallest absolute Gasteiger partial charge is 0.242 e. The monoisotopic (exact) mass is 544 g/mol.